The minimum Gasteiger partial charge on any atom is -0.392 e. The van der Waals surface area contributed by atoms with Crippen molar-refractivity contribution in [3.63, 3.8) is 0 Å². The predicted octanol–water partition coefficient (Wildman–Crippen LogP) is 4.04. The van der Waals surface area contributed by atoms with Crippen LogP contribution in [-0.4, -0.2) is 16.2 Å². The molecule has 2 nitrogen and oxygen atoms in total. The maximum Gasteiger partial charge on any atom is 0.0950 e. The van der Waals surface area contributed by atoms with E-state index in [1.54, 1.807) is 11.3 Å². The van der Waals surface area contributed by atoms with Crippen molar-refractivity contribution in [1.29, 1.82) is 0 Å². The summed E-state index contributed by atoms with van der Waals surface area (Å²) >= 11 is 1.68. The summed E-state index contributed by atoms with van der Waals surface area (Å²) < 4.78 is 0. The average Bonchev–Trinajstić information content (AvgIpc) is 2.76. The van der Waals surface area contributed by atoms with Gasteiger partial charge in [0.15, 0.2) is 0 Å². The summed E-state index contributed by atoms with van der Waals surface area (Å²) in [7, 11) is 0. The summed E-state index contributed by atoms with van der Waals surface area (Å²) in [4.78, 5) is 4.38. The molecule has 1 N–H and O–H groups in total. The molecule has 0 spiro atoms. The quantitative estimate of drug-likeness (QED) is 0.911. The van der Waals surface area contributed by atoms with Crippen LogP contribution in [0.1, 0.15) is 57.4 Å². The van der Waals surface area contributed by atoms with Crippen LogP contribution in [0.2, 0.25) is 0 Å². The van der Waals surface area contributed by atoms with Crippen LogP contribution in [0, 0.1) is 22.2 Å². The lowest BCUT2D eigenvalue weighted by atomic mass is 9.39. The summed E-state index contributed by atoms with van der Waals surface area (Å²) in [5.41, 5.74) is 1.14. The summed E-state index contributed by atoms with van der Waals surface area (Å²) in [5, 5.41) is 14.1. The lowest BCUT2D eigenvalue weighted by Crippen LogP contribution is -2.59. The van der Waals surface area contributed by atoms with E-state index in [9.17, 15) is 5.11 Å². The van der Waals surface area contributed by atoms with E-state index < -0.39 is 0 Å². The Bertz CT molecular complexity index is 493. The van der Waals surface area contributed by atoms with Gasteiger partial charge in [0.1, 0.15) is 0 Å². The summed E-state index contributed by atoms with van der Waals surface area (Å²) in [6.45, 7) is 4.95. The number of hydrogen-bond donors (Lipinski definition) is 1. The van der Waals surface area contributed by atoms with Gasteiger partial charge < -0.3 is 5.11 Å². The van der Waals surface area contributed by atoms with Crippen molar-refractivity contribution >= 4 is 11.3 Å². The maximum atomic E-state index is 11.0. The van der Waals surface area contributed by atoms with Crippen molar-refractivity contribution in [2.75, 3.05) is 0 Å². The fraction of sp³-hybridized carbons (Fsp3) is 0.824. The molecular weight excluding hydrogens is 266 g/mol. The maximum absolute atomic E-state index is 11.0. The molecule has 0 saturated heterocycles. The minimum atomic E-state index is -0.198. The molecule has 0 amide bonds. The number of nitrogens with zero attached hydrogens (tertiary/aromatic N) is 1. The third-order valence-electron chi connectivity index (χ3n) is 6.23. The molecule has 4 aliphatic rings. The number of hydrogen-bond acceptors (Lipinski definition) is 3. The minimum absolute atomic E-state index is 0.175. The predicted molar refractivity (Wildman–Crippen MR) is 81.7 cm³/mol. The fourth-order valence-corrected chi connectivity index (χ4v) is 7.30. The molecule has 1 aromatic rings. The lowest BCUT2D eigenvalue weighted by Gasteiger charge is -2.66. The summed E-state index contributed by atoms with van der Waals surface area (Å²) in [6.07, 6.45) is 10.3. The average molecular weight is 291 g/mol. The van der Waals surface area contributed by atoms with Crippen LogP contribution in [0.3, 0.4) is 0 Å². The van der Waals surface area contributed by atoms with E-state index in [-0.39, 0.29) is 11.5 Å². The highest BCUT2D eigenvalue weighted by Crippen LogP contribution is 2.70. The van der Waals surface area contributed by atoms with Crippen LogP contribution < -0.4 is 0 Å². The first-order valence-electron chi connectivity index (χ1n) is 7.97. The number of rotatable bonds is 3. The molecule has 4 saturated carbocycles. The van der Waals surface area contributed by atoms with Gasteiger partial charge >= 0.3 is 0 Å². The van der Waals surface area contributed by atoms with Gasteiger partial charge in [-0.1, -0.05) is 13.8 Å². The second-order valence-electron chi connectivity index (χ2n) is 8.64. The van der Waals surface area contributed by atoms with Gasteiger partial charge in [0, 0.05) is 18.0 Å². The molecule has 110 valence electrons. The van der Waals surface area contributed by atoms with Gasteiger partial charge in [-0.15, -0.1) is 11.3 Å². The van der Waals surface area contributed by atoms with Gasteiger partial charge in [0.05, 0.1) is 11.1 Å². The first-order chi connectivity index (χ1) is 9.41. The highest BCUT2D eigenvalue weighted by atomic mass is 32.1. The van der Waals surface area contributed by atoms with Crippen LogP contribution in [0.15, 0.2) is 11.6 Å². The third-order valence-corrected chi connectivity index (χ3v) is 7.03. The Morgan fingerprint density at radius 3 is 2.50 bits per heavy atom. The molecule has 3 unspecified atom stereocenters. The standard InChI is InChI=1S/C17H25NOS/c1-15-6-12-7-16(2,9-15)11-17(8-12,10-15)13(19)5-14-18-3-4-20-14/h3-4,12-13,19H,5-11H2,1-2H3. The van der Waals surface area contributed by atoms with Crippen LogP contribution >= 0.6 is 11.3 Å². The normalized spacial score (nSPS) is 47.6. The van der Waals surface area contributed by atoms with Crippen molar-refractivity contribution in [3.05, 3.63) is 16.6 Å². The molecule has 4 fully saturated rings. The van der Waals surface area contributed by atoms with E-state index in [1.165, 1.54) is 38.5 Å². The first kappa shape index (κ1) is 13.3. The zero-order valence-corrected chi connectivity index (χ0v) is 13.4. The third kappa shape index (κ3) is 1.97. The Hall–Kier alpha value is -0.410. The molecular formula is C17H25NOS. The lowest BCUT2D eigenvalue weighted by molar-refractivity contribution is -0.184. The van der Waals surface area contributed by atoms with Crippen molar-refractivity contribution < 1.29 is 5.11 Å². The van der Waals surface area contributed by atoms with E-state index in [2.05, 4.69) is 18.8 Å². The molecule has 0 aliphatic heterocycles. The van der Waals surface area contributed by atoms with Crippen LogP contribution in [0.4, 0.5) is 0 Å². The summed E-state index contributed by atoms with van der Waals surface area (Å²) in [6, 6.07) is 0. The van der Waals surface area contributed by atoms with E-state index in [1.807, 2.05) is 11.6 Å². The van der Waals surface area contributed by atoms with Gasteiger partial charge in [0.2, 0.25) is 0 Å². The Labute approximate surface area is 125 Å². The number of aliphatic hydroxyl groups excluding tert-OH is 1. The van der Waals surface area contributed by atoms with E-state index in [0.717, 1.165) is 17.3 Å². The van der Waals surface area contributed by atoms with Gasteiger partial charge in [-0.05, 0) is 60.7 Å². The molecule has 4 bridgehead atoms. The van der Waals surface area contributed by atoms with Gasteiger partial charge in [-0.2, -0.15) is 0 Å². The smallest absolute Gasteiger partial charge is 0.0950 e. The molecule has 0 aromatic carbocycles. The topological polar surface area (TPSA) is 33.1 Å². The second kappa shape index (κ2) is 4.07. The molecule has 1 heterocycles. The summed E-state index contributed by atoms with van der Waals surface area (Å²) in [5.74, 6) is 0.854. The van der Waals surface area contributed by atoms with Crippen LogP contribution in [0.25, 0.3) is 0 Å². The largest absolute Gasteiger partial charge is 0.392 e. The number of thiazole rings is 1. The molecule has 5 rings (SSSR count). The molecule has 3 atom stereocenters. The Morgan fingerprint density at radius 1 is 1.25 bits per heavy atom. The van der Waals surface area contributed by atoms with Gasteiger partial charge in [-0.25, -0.2) is 4.98 Å². The van der Waals surface area contributed by atoms with Crippen molar-refractivity contribution in [3.8, 4) is 0 Å². The first-order valence-corrected chi connectivity index (χ1v) is 8.85. The van der Waals surface area contributed by atoms with E-state index in [0.29, 0.717) is 10.8 Å². The fourth-order valence-electron chi connectivity index (χ4n) is 6.64. The van der Waals surface area contributed by atoms with Crippen LogP contribution in [0.5, 0.6) is 0 Å². The zero-order chi connectivity index (χ0) is 14.0. The zero-order valence-electron chi connectivity index (χ0n) is 12.6. The molecule has 3 heteroatoms. The van der Waals surface area contributed by atoms with Gasteiger partial charge in [-0.3, -0.25) is 0 Å². The van der Waals surface area contributed by atoms with Crippen LogP contribution in [-0.2, 0) is 6.42 Å². The Balaban J connectivity index is 1.63. The molecule has 4 aliphatic carbocycles. The van der Waals surface area contributed by atoms with Gasteiger partial charge in [0.25, 0.3) is 0 Å². The SMILES string of the molecule is CC12CC3CC(C)(C1)CC(C(O)Cc1nccs1)(C3)C2. The molecule has 20 heavy (non-hydrogen) atoms. The monoisotopic (exact) mass is 291 g/mol. The Morgan fingerprint density at radius 2 is 1.95 bits per heavy atom. The van der Waals surface area contributed by atoms with Crippen molar-refractivity contribution in [2.24, 2.45) is 22.2 Å². The van der Waals surface area contributed by atoms with Crippen molar-refractivity contribution in [1.82, 2.24) is 4.98 Å². The second-order valence-corrected chi connectivity index (χ2v) is 9.62. The number of aliphatic hydroxyl groups is 1. The molecule has 0 radical (unpaired) electrons. The van der Waals surface area contributed by atoms with Crippen molar-refractivity contribution in [2.45, 2.75) is 64.9 Å². The van der Waals surface area contributed by atoms with E-state index in [4.69, 9.17) is 0 Å². The van der Waals surface area contributed by atoms with E-state index >= 15 is 0 Å². The Kier molecular flexibility index (Phi) is 2.70. The molecule has 1 aromatic heterocycles. The highest BCUT2D eigenvalue weighted by Gasteiger charge is 2.61. The number of aromatic nitrogens is 1. The highest BCUT2D eigenvalue weighted by molar-refractivity contribution is 7.09.